The average molecular weight is 295 g/mol. The van der Waals surface area contributed by atoms with E-state index in [1.54, 1.807) is 0 Å². The first-order chi connectivity index (χ1) is 7.94. The molecule has 0 aliphatic heterocycles. The zero-order valence-electron chi connectivity index (χ0n) is 10.6. The monoisotopic (exact) mass is 294 g/mol. The highest BCUT2D eigenvalue weighted by atomic mass is 79.9. The number of hydrogen-bond donors (Lipinski definition) is 1. The summed E-state index contributed by atoms with van der Waals surface area (Å²) in [5, 5.41) is 12.4. The third kappa shape index (κ3) is 4.89. The van der Waals surface area contributed by atoms with Crippen molar-refractivity contribution < 1.29 is 0 Å². The number of nitrogens with one attached hydrogen (secondary N) is 1. The van der Waals surface area contributed by atoms with Gasteiger partial charge in [-0.3, -0.25) is 0 Å². The van der Waals surface area contributed by atoms with E-state index in [4.69, 9.17) is 5.26 Å². The molecule has 3 heteroatoms. The summed E-state index contributed by atoms with van der Waals surface area (Å²) in [7, 11) is 0. The molecule has 0 aromatic heterocycles. The molecule has 1 N–H and O–H groups in total. The summed E-state index contributed by atoms with van der Waals surface area (Å²) < 4.78 is 1.10. The molecule has 0 saturated carbocycles. The van der Waals surface area contributed by atoms with Crippen molar-refractivity contribution in [1.82, 2.24) is 5.32 Å². The van der Waals surface area contributed by atoms with Crippen molar-refractivity contribution in [3.8, 4) is 6.07 Å². The molecule has 0 unspecified atom stereocenters. The molecule has 0 heterocycles. The molecule has 0 amide bonds. The van der Waals surface area contributed by atoms with Gasteiger partial charge < -0.3 is 5.32 Å². The Morgan fingerprint density at radius 2 is 2.18 bits per heavy atom. The molecular weight excluding hydrogens is 276 g/mol. The van der Waals surface area contributed by atoms with Crippen LogP contribution in [0.1, 0.15) is 38.8 Å². The van der Waals surface area contributed by atoms with Crippen LogP contribution in [-0.4, -0.2) is 6.54 Å². The van der Waals surface area contributed by atoms with Gasteiger partial charge in [0.15, 0.2) is 0 Å². The maximum atomic E-state index is 8.93. The lowest BCUT2D eigenvalue weighted by Gasteiger charge is -2.19. The second kappa shape index (κ2) is 6.18. The Kier molecular flexibility index (Phi) is 5.17. The van der Waals surface area contributed by atoms with E-state index in [0.29, 0.717) is 6.04 Å². The Bertz CT molecular complexity index is 407. The van der Waals surface area contributed by atoms with Crippen molar-refractivity contribution in [2.24, 2.45) is 5.41 Å². The lowest BCUT2D eigenvalue weighted by atomic mass is 9.91. The van der Waals surface area contributed by atoms with E-state index in [1.807, 2.05) is 26.0 Å². The van der Waals surface area contributed by atoms with Gasteiger partial charge in [-0.1, -0.05) is 28.1 Å². The minimum Gasteiger partial charge on any atom is -0.310 e. The van der Waals surface area contributed by atoms with E-state index in [9.17, 15) is 0 Å². The first-order valence-electron chi connectivity index (χ1n) is 5.85. The number of benzene rings is 1. The second-order valence-corrected chi connectivity index (χ2v) is 5.89. The molecule has 1 aromatic rings. The van der Waals surface area contributed by atoms with Crippen LogP contribution in [0.15, 0.2) is 28.7 Å². The van der Waals surface area contributed by atoms with Gasteiger partial charge in [0.05, 0.1) is 11.5 Å². The molecule has 17 heavy (non-hydrogen) atoms. The maximum absolute atomic E-state index is 8.93. The number of hydrogen-bond acceptors (Lipinski definition) is 2. The summed E-state index contributed by atoms with van der Waals surface area (Å²) >= 11 is 3.47. The molecule has 0 aliphatic rings. The Morgan fingerprint density at radius 3 is 2.76 bits per heavy atom. The summed E-state index contributed by atoms with van der Waals surface area (Å²) in [6, 6.07) is 10.9. The van der Waals surface area contributed by atoms with Gasteiger partial charge in [-0.25, -0.2) is 0 Å². The average Bonchev–Trinajstić information content (AvgIpc) is 2.28. The highest BCUT2D eigenvalue weighted by Gasteiger charge is 2.16. The van der Waals surface area contributed by atoms with Gasteiger partial charge >= 0.3 is 0 Å². The lowest BCUT2D eigenvalue weighted by Crippen LogP contribution is -2.24. The molecule has 0 bridgehead atoms. The summed E-state index contributed by atoms with van der Waals surface area (Å²) in [6.45, 7) is 6.94. The molecule has 1 atom stereocenters. The third-order valence-electron chi connectivity index (χ3n) is 2.85. The van der Waals surface area contributed by atoms with Gasteiger partial charge in [-0.15, -0.1) is 0 Å². The van der Waals surface area contributed by atoms with Crippen molar-refractivity contribution in [2.75, 3.05) is 6.54 Å². The molecular formula is C14H19BrN2. The van der Waals surface area contributed by atoms with Gasteiger partial charge in [0, 0.05) is 10.5 Å². The zero-order chi connectivity index (χ0) is 12.9. The van der Waals surface area contributed by atoms with Gasteiger partial charge in [0.1, 0.15) is 0 Å². The highest BCUT2D eigenvalue weighted by Crippen LogP contribution is 2.20. The summed E-state index contributed by atoms with van der Waals surface area (Å²) in [6.07, 6.45) is 0.863. The third-order valence-corrected chi connectivity index (χ3v) is 3.35. The van der Waals surface area contributed by atoms with Gasteiger partial charge in [0.2, 0.25) is 0 Å². The first-order valence-corrected chi connectivity index (χ1v) is 6.64. The van der Waals surface area contributed by atoms with Crippen molar-refractivity contribution in [3.05, 3.63) is 34.3 Å². The maximum Gasteiger partial charge on any atom is 0.0684 e. The fourth-order valence-electron chi connectivity index (χ4n) is 1.55. The standard InChI is InChI=1S/C14H19BrN2/c1-11(12-5-4-6-13(15)9-12)17-8-7-14(2,3)10-16/h4-6,9,11,17H,7-8H2,1-3H3/t11-/m1/s1. The minimum atomic E-state index is -0.246. The van der Waals surface area contributed by atoms with Gasteiger partial charge in [0.25, 0.3) is 0 Å². The van der Waals surface area contributed by atoms with Gasteiger partial charge in [-0.2, -0.15) is 5.26 Å². The van der Waals surface area contributed by atoms with E-state index in [-0.39, 0.29) is 5.41 Å². The molecule has 0 aliphatic carbocycles. The van der Waals surface area contributed by atoms with E-state index in [0.717, 1.165) is 17.4 Å². The molecule has 1 aromatic carbocycles. The number of rotatable bonds is 5. The SMILES string of the molecule is C[C@@H](NCCC(C)(C)C#N)c1cccc(Br)c1. The number of nitrogens with zero attached hydrogens (tertiary/aromatic N) is 1. The van der Waals surface area contributed by atoms with Crippen molar-refractivity contribution in [1.29, 1.82) is 5.26 Å². The minimum absolute atomic E-state index is 0.246. The molecule has 0 fully saturated rings. The first kappa shape index (κ1) is 14.2. The van der Waals surface area contributed by atoms with Crippen molar-refractivity contribution in [2.45, 2.75) is 33.2 Å². The Hall–Kier alpha value is -0.850. The van der Waals surface area contributed by atoms with Crippen LogP contribution in [-0.2, 0) is 0 Å². The van der Waals surface area contributed by atoms with Crippen molar-refractivity contribution >= 4 is 15.9 Å². The Morgan fingerprint density at radius 1 is 1.47 bits per heavy atom. The summed E-state index contributed by atoms with van der Waals surface area (Å²) in [4.78, 5) is 0. The quantitative estimate of drug-likeness (QED) is 0.890. The molecule has 92 valence electrons. The predicted octanol–water partition coefficient (Wildman–Crippen LogP) is 4.04. The number of halogens is 1. The van der Waals surface area contributed by atoms with Crippen LogP contribution in [0.4, 0.5) is 0 Å². The Balaban J connectivity index is 2.46. The largest absolute Gasteiger partial charge is 0.310 e. The summed E-state index contributed by atoms with van der Waals surface area (Å²) in [5.74, 6) is 0. The fraction of sp³-hybridized carbons (Fsp3) is 0.500. The molecule has 1 rings (SSSR count). The van der Waals surface area contributed by atoms with Crippen LogP contribution in [0.5, 0.6) is 0 Å². The molecule has 0 saturated heterocycles. The van der Waals surface area contributed by atoms with Crippen LogP contribution >= 0.6 is 15.9 Å². The van der Waals surface area contributed by atoms with Crippen LogP contribution in [0.2, 0.25) is 0 Å². The van der Waals surface area contributed by atoms with Crippen LogP contribution in [0.3, 0.4) is 0 Å². The second-order valence-electron chi connectivity index (χ2n) is 4.98. The predicted molar refractivity (Wildman–Crippen MR) is 74.6 cm³/mol. The van der Waals surface area contributed by atoms with Crippen LogP contribution < -0.4 is 5.32 Å². The van der Waals surface area contributed by atoms with Gasteiger partial charge in [-0.05, 0) is 51.4 Å². The van der Waals surface area contributed by atoms with Crippen molar-refractivity contribution in [3.63, 3.8) is 0 Å². The highest BCUT2D eigenvalue weighted by molar-refractivity contribution is 9.10. The Labute approximate surface area is 112 Å². The molecule has 0 radical (unpaired) electrons. The van der Waals surface area contributed by atoms with E-state index in [1.165, 1.54) is 5.56 Å². The summed E-state index contributed by atoms with van der Waals surface area (Å²) in [5.41, 5.74) is 1.01. The lowest BCUT2D eigenvalue weighted by molar-refractivity contribution is 0.416. The normalized spacial score (nSPS) is 13.1. The van der Waals surface area contributed by atoms with E-state index in [2.05, 4.69) is 46.4 Å². The van der Waals surface area contributed by atoms with E-state index < -0.39 is 0 Å². The number of nitriles is 1. The molecule has 0 spiro atoms. The van der Waals surface area contributed by atoms with Crippen LogP contribution in [0, 0.1) is 16.7 Å². The fourth-order valence-corrected chi connectivity index (χ4v) is 1.97. The molecule has 2 nitrogen and oxygen atoms in total. The van der Waals surface area contributed by atoms with E-state index >= 15 is 0 Å². The topological polar surface area (TPSA) is 35.8 Å². The zero-order valence-corrected chi connectivity index (χ0v) is 12.2. The smallest absolute Gasteiger partial charge is 0.0684 e. The van der Waals surface area contributed by atoms with Crippen LogP contribution in [0.25, 0.3) is 0 Å².